The van der Waals surface area contributed by atoms with Gasteiger partial charge in [0.2, 0.25) is 6.61 Å². The number of oxime groups is 1. The molecule has 2 nitrogen and oxygen atoms in total. The van der Waals surface area contributed by atoms with Crippen LogP contribution in [0.15, 0.2) is 41.6 Å². The Balaban J connectivity index is 2.30. The third-order valence-corrected chi connectivity index (χ3v) is 1.54. The fraction of sp³-hybridized carbons (Fsp3) is 0.182. The van der Waals surface area contributed by atoms with Crippen molar-refractivity contribution in [2.45, 2.75) is 6.18 Å². The Morgan fingerprint density at radius 1 is 1.19 bits per heavy atom. The van der Waals surface area contributed by atoms with Gasteiger partial charge in [-0.25, -0.2) is 0 Å². The van der Waals surface area contributed by atoms with Crippen LogP contribution in [0.1, 0.15) is 5.56 Å². The maximum atomic E-state index is 11.6. The molecule has 0 bridgehead atoms. The first kappa shape index (κ1) is 12.3. The summed E-state index contributed by atoms with van der Waals surface area (Å²) in [7, 11) is 0. The number of hydrogen-bond acceptors (Lipinski definition) is 2. The maximum absolute atomic E-state index is 11.6. The fourth-order valence-electron chi connectivity index (χ4n) is 0.907. The largest absolute Gasteiger partial charge is 0.425 e. The zero-order valence-electron chi connectivity index (χ0n) is 8.32. The van der Waals surface area contributed by atoms with Gasteiger partial charge in [-0.2, -0.15) is 13.2 Å². The predicted octanol–water partition coefficient (Wildman–Crippen LogP) is 3.26. The second-order valence-corrected chi connectivity index (χ2v) is 2.91. The molecular weight excluding hydrogens is 219 g/mol. The lowest BCUT2D eigenvalue weighted by atomic mass is 10.2. The summed E-state index contributed by atoms with van der Waals surface area (Å²) in [5.74, 6) is 0. The first-order chi connectivity index (χ1) is 7.58. The normalized spacial score (nSPS) is 12.4. The van der Waals surface area contributed by atoms with Gasteiger partial charge in [0.25, 0.3) is 0 Å². The van der Waals surface area contributed by atoms with Crippen LogP contribution >= 0.6 is 0 Å². The molecule has 86 valence electrons. The summed E-state index contributed by atoms with van der Waals surface area (Å²) < 4.78 is 34.8. The van der Waals surface area contributed by atoms with Crippen LogP contribution in [0.4, 0.5) is 13.2 Å². The maximum Gasteiger partial charge on any atom is 0.425 e. The minimum absolute atomic E-state index is 0.935. The Morgan fingerprint density at radius 2 is 1.88 bits per heavy atom. The molecule has 0 saturated heterocycles. The molecule has 1 aromatic carbocycles. The van der Waals surface area contributed by atoms with Gasteiger partial charge in [-0.3, -0.25) is 0 Å². The van der Waals surface area contributed by atoms with Crippen LogP contribution in [0.2, 0.25) is 0 Å². The molecule has 0 aliphatic heterocycles. The molecule has 0 spiro atoms. The van der Waals surface area contributed by atoms with Crippen molar-refractivity contribution in [1.29, 1.82) is 0 Å². The van der Waals surface area contributed by atoms with Gasteiger partial charge in [0.1, 0.15) is 0 Å². The summed E-state index contributed by atoms with van der Waals surface area (Å²) in [6.45, 7) is -1.37. The summed E-state index contributed by atoms with van der Waals surface area (Å²) in [5.41, 5.74) is 0.935. The van der Waals surface area contributed by atoms with Crippen LogP contribution in [0.25, 0.3) is 6.08 Å². The molecule has 0 heterocycles. The van der Waals surface area contributed by atoms with Gasteiger partial charge in [-0.05, 0) is 11.6 Å². The molecule has 0 N–H and O–H groups in total. The molecule has 0 radical (unpaired) electrons. The lowest BCUT2D eigenvalue weighted by Crippen LogP contribution is -2.14. The molecule has 0 fully saturated rings. The minimum Gasteiger partial charge on any atom is -0.386 e. The van der Waals surface area contributed by atoms with Gasteiger partial charge in [-0.15, -0.1) is 0 Å². The van der Waals surface area contributed by atoms with Gasteiger partial charge in [0.05, 0.1) is 6.21 Å². The highest BCUT2D eigenvalue weighted by atomic mass is 19.4. The number of nitrogens with zero attached hydrogens (tertiary/aromatic N) is 1. The van der Waals surface area contributed by atoms with E-state index in [1.165, 1.54) is 12.3 Å². The SMILES string of the molecule is FC(F)(F)CO/N=C/C=C/c1ccccc1. The van der Waals surface area contributed by atoms with E-state index in [9.17, 15) is 13.2 Å². The number of rotatable bonds is 4. The lowest BCUT2D eigenvalue weighted by molar-refractivity contribution is -0.173. The minimum atomic E-state index is -4.35. The molecule has 0 aliphatic carbocycles. The predicted molar refractivity (Wildman–Crippen MR) is 56.0 cm³/mol. The first-order valence-corrected chi connectivity index (χ1v) is 4.52. The van der Waals surface area contributed by atoms with Crippen molar-refractivity contribution in [2.24, 2.45) is 5.16 Å². The Morgan fingerprint density at radius 3 is 2.50 bits per heavy atom. The van der Waals surface area contributed by atoms with E-state index in [2.05, 4.69) is 9.99 Å². The molecule has 0 aliphatic rings. The van der Waals surface area contributed by atoms with E-state index in [0.29, 0.717) is 0 Å². The van der Waals surface area contributed by atoms with Crippen LogP contribution in [0.3, 0.4) is 0 Å². The van der Waals surface area contributed by atoms with E-state index in [4.69, 9.17) is 0 Å². The Labute approximate surface area is 91.0 Å². The molecule has 0 saturated carbocycles. The topological polar surface area (TPSA) is 21.6 Å². The van der Waals surface area contributed by atoms with Crippen molar-refractivity contribution in [2.75, 3.05) is 6.61 Å². The highest BCUT2D eigenvalue weighted by Gasteiger charge is 2.28. The Kier molecular flexibility index (Phi) is 4.57. The quantitative estimate of drug-likeness (QED) is 0.573. The van der Waals surface area contributed by atoms with E-state index in [1.54, 1.807) is 6.08 Å². The van der Waals surface area contributed by atoms with E-state index in [1.807, 2.05) is 30.3 Å². The van der Waals surface area contributed by atoms with Crippen molar-refractivity contribution >= 4 is 12.3 Å². The molecule has 1 rings (SSSR count). The highest BCUT2D eigenvalue weighted by Crippen LogP contribution is 2.14. The second kappa shape index (κ2) is 5.95. The molecule has 0 unspecified atom stereocenters. The van der Waals surface area contributed by atoms with E-state index >= 15 is 0 Å². The van der Waals surface area contributed by atoms with Crippen molar-refractivity contribution < 1.29 is 18.0 Å². The van der Waals surface area contributed by atoms with Gasteiger partial charge in [-0.1, -0.05) is 41.6 Å². The standard InChI is InChI=1S/C11H10F3NO/c12-11(13,14)9-16-15-8-4-7-10-5-2-1-3-6-10/h1-8H,9H2/b7-4+,15-8+. The summed E-state index contributed by atoms with van der Waals surface area (Å²) in [5, 5.41) is 3.14. The van der Waals surface area contributed by atoms with Gasteiger partial charge in [0.15, 0.2) is 0 Å². The van der Waals surface area contributed by atoms with Crippen molar-refractivity contribution in [3.05, 3.63) is 42.0 Å². The van der Waals surface area contributed by atoms with Crippen molar-refractivity contribution in [3.8, 4) is 0 Å². The Hall–Kier alpha value is -1.78. The second-order valence-electron chi connectivity index (χ2n) is 2.91. The van der Waals surface area contributed by atoms with Gasteiger partial charge < -0.3 is 4.84 Å². The molecule has 16 heavy (non-hydrogen) atoms. The monoisotopic (exact) mass is 229 g/mol. The third-order valence-electron chi connectivity index (χ3n) is 1.54. The summed E-state index contributed by atoms with van der Waals surface area (Å²) in [4.78, 5) is 4.03. The number of allylic oxidation sites excluding steroid dienone is 1. The third kappa shape index (κ3) is 5.85. The summed E-state index contributed by atoms with van der Waals surface area (Å²) >= 11 is 0. The fourth-order valence-corrected chi connectivity index (χ4v) is 0.907. The summed E-state index contributed by atoms with van der Waals surface area (Å²) in [6.07, 6.45) is 0.0331. The Bertz CT molecular complexity index is 357. The van der Waals surface area contributed by atoms with Crippen LogP contribution in [-0.2, 0) is 4.84 Å². The van der Waals surface area contributed by atoms with Crippen LogP contribution in [-0.4, -0.2) is 19.0 Å². The van der Waals surface area contributed by atoms with E-state index in [-0.39, 0.29) is 0 Å². The van der Waals surface area contributed by atoms with Crippen LogP contribution in [0.5, 0.6) is 0 Å². The van der Waals surface area contributed by atoms with E-state index in [0.717, 1.165) is 5.56 Å². The summed E-state index contributed by atoms with van der Waals surface area (Å²) in [6, 6.07) is 9.31. The zero-order valence-corrected chi connectivity index (χ0v) is 8.32. The average Bonchev–Trinajstić information content (AvgIpc) is 2.23. The highest BCUT2D eigenvalue weighted by molar-refractivity contribution is 5.77. The molecule has 5 heteroatoms. The smallest absolute Gasteiger partial charge is 0.386 e. The van der Waals surface area contributed by atoms with Crippen LogP contribution < -0.4 is 0 Å². The lowest BCUT2D eigenvalue weighted by Gasteiger charge is -2.02. The molecule has 0 atom stereocenters. The zero-order chi connectivity index (χ0) is 11.9. The average molecular weight is 229 g/mol. The van der Waals surface area contributed by atoms with Gasteiger partial charge in [0, 0.05) is 0 Å². The first-order valence-electron chi connectivity index (χ1n) is 4.52. The van der Waals surface area contributed by atoms with Crippen molar-refractivity contribution in [1.82, 2.24) is 0 Å². The molecule has 0 aromatic heterocycles. The van der Waals surface area contributed by atoms with E-state index < -0.39 is 12.8 Å². The van der Waals surface area contributed by atoms with Crippen molar-refractivity contribution in [3.63, 3.8) is 0 Å². The number of benzene rings is 1. The van der Waals surface area contributed by atoms with Gasteiger partial charge >= 0.3 is 6.18 Å². The van der Waals surface area contributed by atoms with Crippen LogP contribution in [0, 0.1) is 0 Å². The number of hydrogen-bond donors (Lipinski definition) is 0. The molecule has 0 amide bonds. The number of halogens is 3. The number of alkyl halides is 3. The molecular formula is C11H10F3NO. The molecule has 1 aromatic rings.